The van der Waals surface area contributed by atoms with Gasteiger partial charge in [0.15, 0.2) is 0 Å². The molecule has 0 bridgehead atoms. The van der Waals surface area contributed by atoms with Gasteiger partial charge in [-0.3, -0.25) is 4.79 Å². The van der Waals surface area contributed by atoms with Crippen LogP contribution in [0.2, 0.25) is 0 Å². The summed E-state index contributed by atoms with van der Waals surface area (Å²) in [6.07, 6.45) is -0.916. The topological polar surface area (TPSA) is 55.8 Å². The Morgan fingerprint density at radius 2 is 2.07 bits per heavy atom. The molecule has 76 valence electrons. The summed E-state index contributed by atoms with van der Waals surface area (Å²) in [7, 11) is 1.41. The molecule has 14 heavy (non-hydrogen) atoms. The number of benzene rings is 1. The second-order valence-electron chi connectivity index (χ2n) is 2.69. The number of para-hydroxylation sites is 1. The van der Waals surface area contributed by atoms with E-state index in [1.807, 2.05) is 18.2 Å². The fraction of sp³-hybridized carbons (Fsp3) is 0.300. The molecule has 0 saturated carbocycles. The Labute approximate surface area is 82.1 Å². The molecule has 1 atom stereocenters. The van der Waals surface area contributed by atoms with Crippen LogP contribution in [-0.4, -0.2) is 24.5 Å². The molecule has 0 amide bonds. The number of methoxy groups -OCH3 is 1. The van der Waals surface area contributed by atoms with Crippen molar-refractivity contribution in [3.63, 3.8) is 0 Å². The van der Waals surface area contributed by atoms with Crippen LogP contribution >= 0.6 is 0 Å². The Kier molecular flexibility index (Phi) is 3.94. The van der Waals surface area contributed by atoms with E-state index in [2.05, 4.69) is 0 Å². The molecule has 0 aliphatic heterocycles. The zero-order chi connectivity index (χ0) is 10.4. The fourth-order valence-corrected chi connectivity index (χ4v) is 0.967. The molecular weight excluding hydrogens is 184 g/mol. The Morgan fingerprint density at radius 3 is 2.57 bits per heavy atom. The summed E-state index contributed by atoms with van der Waals surface area (Å²) in [6, 6.07) is 8.96. The quantitative estimate of drug-likeness (QED) is 0.725. The number of aliphatic carboxylic acids is 1. The van der Waals surface area contributed by atoms with Crippen molar-refractivity contribution in [1.82, 2.24) is 0 Å². The highest BCUT2D eigenvalue weighted by atomic mass is 16.7. The minimum atomic E-state index is -0.951. The summed E-state index contributed by atoms with van der Waals surface area (Å²) < 4.78 is 10.1. The molecule has 0 aliphatic carbocycles. The van der Waals surface area contributed by atoms with E-state index in [4.69, 9.17) is 14.6 Å². The summed E-state index contributed by atoms with van der Waals surface area (Å²) in [5, 5.41) is 8.53. The molecule has 0 spiro atoms. The van der Waals surface area contributed by atoms with Crippen LogP contribution in [-0.2, 0) is 9.53 Å². The van der Waals surface area contributed by atoms with Crippen LogP contribution in [0, 0.1) is 0 Å². The third-order valence-electron chi connectivity index (χ3n) is 1.61. The van der Waals surface area contributed by atoms with Crippen LogP contribution in [0.15, 0.2) is 30.3 Å². The zero-order valence-corrected chi connectivity index (χ0v) is 7.84. The van der Waals surface area contributed by atoms with Gasteiger partial charge in [-0.1, -0.05) is 18.2 Å². The highest BCUT2D eigenvalue weighted by Gasteiger charge is 2.13. The molecule has 0 heterocycles. The van der Waals surface area contributed by atoms with Crippen molar-refractivity contribution in [1.29, 1.82) is 0 Å². The molecule has 4 heteroatoms. The van der Waals surface area contributed by atoms with Crippen LogP contribution in [0.4, 0.5) is 0 Å². The van der Waals surface area contributed by atoms with Crippen LogP contribution < -0.4 is 4.74 Å². The van der Waals surface area contributed by atoms with Gasteiger partial charge >= 0.3 is 5.97 Å². The summed E-state index contributed by atoms with van der Waals surface area (Å²) in [5.74, 6) is -0.353. The number of hydrogen-bond acceptors (Lipinski definition) is 3. The van der Waals surface area contributed by atoms with Crippen LogP contribution in [0.1, 0.15) is 6.42 Å². The maximum atomic E-state index is 10.4. The average Bonchev–Trinajstić information content (AvgIpc) is 2.17. The van der Waals surface area contributed by atoms with Gasteiger partial charge in [-0.25, -0.2) is 0 Å². The van der Waals surface area contributed by atoms with E-state index >= 15 is 0 Å². The summed E-state index contributed by atoms with van der Waals surface area (Å²) >= 11 is 0. The summed E-state index contributed by atoms with van der Waals surface area (Å²) in [6.45, 7) is 0. The average molecular weight is 196 g/mol. The van der Waals surface area contributed by atoms with Gasteiger partial charge in [-0.15, -0.1) is 0 Å². The molecule has 0 aromatic heterocycles. The molecule has 1 aromatic rings. The third-order valence-corrected chi connectivity index (χ3v) is 1.61. The number of ether oxygens (including phenoxy) is 2. The maximum absolute atomic E-state index is 10.4. The van der Waals surface area contributed by atoms with Gasteiger partial charge in [-0.2, -0.15) is 0 Å². The molecule has 0 aliphatic rings. The second kappa shape index (κ2) is 5.24. The van der Waals surface area contributed by atoms with Crippen molar-refractivity contribution >= 4 is 5.97 Å². The van der Waals surface area contributed by atoms with Gasteiger partial charge in [0.05, 0.1) is 0 Å². The molecule has 0 fully saturated rings. The van der Waals surface area contributed by atoms with Gasteiger partial charge < -0.3 is 14.6 Å². The number of carboxylic acids is 1. The van der Waals surface area contributed by atoms with Gasteiger partial charge in [0.1, 0.15) is 12.2 Å². The summed E-state index contributed by atoms with van der Waals surface area (Å²) in [5.41, 5.74) is 0. The van der Waals surface area contributed by atoms with Crippen molar-refractivity contribution in [2.45, 2.75) is 12.7 Å². The van der Waals surface area contributed by atoms with E-state index in [-0.39, 0.29) is 6.42 Å². The first kappa shape index (κ1) is 10.5. The third kappa shape index (κ3) is 3.45. The SMILES string of the molecule is COC(CC(=O)O)Oc1ccccc1. The smallest absolute Gasteiger partial charge is 0.309 e. The van der Waals surface area contributed by atoms with E-state index in [0.29, 0.717) is 5.75 Å². The number of hydrogen-bond donors (Lipinski definition) is 1. The Hall–Kier alpha value is -1.55. The van der Waals surface area contributed by atoms with Gasteiger partial charge in [0.2, 0.25) is 6.29 Å². The molecule has 0 saturated heterocycles. The molecule has 1 aromatic carbocycles. The van der Waals surface area contributed by atoms with Gasteiger partial charge in [0.25, 0.3) is 0 Å². The van der Waals surface area contributed by atoms with Crippen molar-refractivity contribution in [3.8, 4) is 5.75 Å². The minimum Gasteiger partial charge on any atom is -0.481 e. The van der Waals surface area contributed by atoms with Crippen LogP contribution in [0.5, 0.6) is 5.75 Å². The van der Waals surface area contributed by atoms with Crippen molar-refractivity contribution in [2.75, 3.05) is 7.11 Å². The predicted octanol–water partition coefficient (Wildman–Crippen LogP) is 1.51. The molecule has 1 N–H and O–H groups in total. The van der Waals surface area contributed by atoms with E-state index in [1.54, 1.807) is 12.1 Å². The lowest BCUT2D eigenvalue weighted by atomic mass is 10.3. The molecular formula is C10H12O4. The standard InChI is InChI=1S/C10H12O4/c1-13-10(7-9(11)12)14-8-5-3-2-4-6-8/h2-6,10H,7H2,1H3,(H,11,12). The molecule has 1 rings (SSSR count). The number of rotatable bonds is 5. The lowest BCUT2D eigenvalue weighted by molar-refractivity contribution is -0.146. The second-order valence-corrected chi connectivity index (χ2v) is 2.69. The summed E-state index contributed by atoms with van der Waals surface area (Å²) in [4.78, 5) is 10.4. The van der Waals surface area contributed by atoms with E-state index in [0.717, 1.165) is 0 Å². The predicted molar refractivity (Wildman–Crippen MR) is 50.1 cm³/mol. The first-order valence-electron chi connectivity index (χ1n) is 4.18. The normalized spacial score (nSPS) is 12.1. The highest BCUT2D eigenvalue weighted by molar-refractivity contribution is 5.67. The van der Waals surface area contributed by atoms with Crippen LogP contribution in [0.3, 0.4) is 0 Å². The number of carbonyl (C=O) groups is 1. The lowest BCUT2D eigenvalue weighted by Crippen LogP contribution is -2.22. The van der Waals surface area contributed by atoms with E-state index in [9.17, 15) is 4.79 Å². The minimum absolute atomic E-state index is 0.175. The van der Waals surface area contributed by atoms with Crippen molar-refractivity contribution in [3.05, 3.63) is 30.3 Å². The highest BCUT2D eigenvalue weighted by Crippen LogP contribution is 2.12. The van der Waals surface area contributed by atoms with Crippen molar-refractivity contribution in [2.24, 2.45) is 0 Å². The van der Waals surface area contributed by atoms with E-state index in [1.165, 1.54) is 7.11 Å². The number of carboxylic acid groups (broad SMARTS) is 1. The first-order chi connectivity index (χ1) is 6.72. The van der Waals surface area contributed by atoms with E-state index < -0.39 is 12.3 Å². The lowest BCUT2D eigenvalue weighted by Gasteiger charge is -2.15. The van der Waals surface area contributed by atoms with Crippen molar-refractivity contribution < 1.29 is 19.4 Å². The molecule has 0 radical (unpaired) electrons. The molecule has 4 nitrogen and oxygen atoms in total. The van der Waals surface area contributed by atoms with Gasteiger partial charge in [0, 0.05) is 7.11 Å². The zero-order valence-electron chi connectivity index (χ0n) is 7.84. The Bertz CT molecular complexity index is 283. The Morgan fingerprint density at radius 1 is 1.43 bits per heavy atom. The Balaban J connectivity index is 2.53. The maximum Gasteiger partial charge on any atom is 0.309 e. The largest absolute Gasteiger partial charge is 0.481 e. The van der Waals surface area contributed by atoms with Crippen LogP contribution in [0.25, 0.3) is 0 Å². The molecule has 1 unspecified atom stereocenters. The van der Waals surface area contributed by atoms with Gasteiger partial charge in [-0.05, 0) is 12.1 Å². The monoisotopic (exact) mass is 196 g/mol. The fourth-order valence-electron chi connectivity index (χ4n) is 0.967. The first-order valence-corrected chi connectivity index (χ1v) is 4.18.